The summed E-state index contributed by atoms with van der Waals surface area (Å²) in [5, 5.41) is 0. The van der Waals surface area contributed by atoms with Crippen molar-refractivity contribution in [2.24, 2.45) is 44.8 Å². The highest BCUT2D eigenvalue weighted by Gasteiger charge is 2.68. The molecule has 0 amide bonds. The summed E-state index contributed by atoms with van der Waals surface area (Å²) in [6, 6.07) is 0. The first-order valence-corrected chi connectivity index (χ1v) is 15.2. The van der Waals surface area contributed by atoms with E-state index in [1.165, 1.54) is 12.7 Å². The van der Waals surface area contributed by atoms with Crippen LogP contribution in [-0.2, 0) is 23.9 Å². The topological polar surface area (TPSA) is 69.7 Å². The van der Waals surface area contributed by atoms with Crippen LogP contribution in [0, 0.1) is 44.8 Å². The molecule has 0 aliphatic heterocycles. The van der Waals surface area contributed by atoms with E-state index >= 15 is 0 Å². The van der Waals surface area contributed by atoms with Crippen molar-refractivity contribution >= 4 is 17.7 Å². The van der Waals surface area contributed by atoms with Gasteiger partial charge in [0.05, 0.1) is 18.6 Å². The fraction of sp³-hybridized carbons (Fsp3) is 0.794. The molecule has 3 saturated carbocycles. The Balaban J connectivity index is 1.80. The lowest BCUT2D eigenvalue weighted by molar-refractivity contribution is -0.171. The molecule has 0 unspecified atom stereocenters. The Morgan fingerprint density at radius 3 is 2.28 bits per heavy atom. The lowest BCUT2D eigenvalue weighted by Gasteiger charge is -2.68. The first kappa shape index (κ1) is 30.1. The Labute approximate surface area is 236 Å². The molecule has 39 heavy (non-hydrogen) atoms. The molecule has 0 aromatic carbocycles. The van der Waals surface area contributed by atoms with Crippen molar-refractivity contribution in [1.82, 2.24) is 0 Å². The summed E-state index contributed by atoms with van der Waals surface area (Å²) < 4.78 is 10.8. The van der Waals surface area contributed by atoms with Gasteiger partial charge in [0.2, 0.25) is 0 Å². The summed E-state index contributed by atoms with van der Waals surface area (Å²) in [6.07, 6.45) is 9.39. The lowest BCUT2D eigenvalue weighted by atomic mass is 9.35. The standard InChI is InChI=1S/C34H52O5/c1-21(2)23-11-14-34(9)28(32(23,7)13-12-27(36)38-10)26(35)19-24-25-20-31(6,29(37)39-22(3)4)16-15-30(25,5)17-18-33(24,34)8/h19,22-23,25,28H,1,11-18,20H2,2-10H3/t23-,25-,28+,30+,31-,32-,33+,34+/m0/s1. The van der Waals surface area contributed by atoms with E-state index in [1.807, 2.05) is 19.9 Å². The van der Waals surface area contributed by atoms with E-state index in [1.54, 1.807) is 0 Å². The number of carbonyl (C=O) groups excluding carboxylic acids is 3. The van der Waals surface area contributed by atoms with E-state index in [0.29, 0.717) is 12.8 Å². The maximum atomic E-state index is 14.4. The van der Waals surface area contributed by atoms with E-state index in [-0.39, 0.29) is 63.2 Å². The van der Waals surface area contributed by atoms with Gasteiger partial charge in [-0.25, -0.2) is 0 Å². The molecule has 0 saturated heterocycles. The van der Waals surface area contributed by atoms with Crippen molar-refractivity contribution in [3.05, 3.63) is 23.8 Å². The molecule has 0 N–H and O–H groups in total. The largest absolute Gasteiger partial charge is 0.469 e. The third kappa shape index (κ3) is 4.54. The van der Waals surface area contributed by atoms with Crippen molar-refractivity contribution in [2.45, 2.75) is 119 Å². The van der Waals surface area contributed by atoms with E-state index in [9.17, 15) is 14.4 Å². The number of rotatable bonds is 6. The second kappa shape index (κ2) is 9.87. The first-order chi connectivity index (χ1) is 18.0. The molecule has 0 aromatic rings. The van der Waals surface area contributed by atoms with Gasteiger partial charge in [0, 0.05) is 12.3 Å². The molecule has 4 rings (SSSR count). The van der Waals surface area contributed by atoms with Gasteiger partial charge in [-0.1, -0.05) is 45.4 Å². The molecule has 8 atom stereocenters. The molecule has 5 nitrogen and oxygen atoms in total. The van der Waals surface area contributed by atoms with E-state index < -0.39 is 5.41 Å². The van der Waals surface area contributed by atoms with Crippen LogP contribution in [0.15, 0.2) is 23.8 Å². The van der Waals surface area contributed by atoms with Crippen LogP contribution in [-0.4, -0.2) is 30.9 Å². The molecule has 0 heterocycles. The van der Waals surface area contributed by atoms with Gasteiger partial charge in [0.25, 0.3) is 0 Å². The smallest absolute Gasteiger partial charge is 0.312 e. The Bertz CT molecular complexity index is 1090. The minimum absolute atomic E-state index is 0.0789. The van der Waals surface area contributed by atoms with Crippen LogP contribution in [0.25, 0.3) is 0 Å². The van der Waals surface area contributed by atoms with Crippen molar-refractivity contribution < 1.29 is 23.9 Å². The first-order valence-electron chi connectivity index (χ1n) is 15.2. The van der Waals surface area contributed by atoms with E-state index in [0.717, 1.165) is 50.5 Å². The quantitative estimate of drug-likeness (QED) is 0.256. The monoisotopic (exact) mass is 540 g/mol. The summed E-state index contributed by atoms with van der Waals surface area (Å²) in [5.74, 6) is 0.0412. The fourth-order valence-corrected chi connectivity index (χ4v) is 9.72. The zero-order valence-electron chi connectivity index (χ0n) is 26.0. The summed E-state index contributed by atoms with van der Waals surface area (Å²) >= 11 is 0. The molecule has 5 heteroatoms. The van der Waals surface area contributed by atoms with Gasteiger partial charge in [-0.05, 0) is 119 Å². The van der Waals surface area contributed by atoms with E-state index in [4.69, 9.17) is 9.47 Å². The molecule has 218 valence electrons. The lowest BCUT2D eigenvalue weighted by Crippen LogP contribution is -2.63. The highest BCUT2D eigenvalue weighted by atomic mass is 16.5. The van der Waals surface area contributed by atoms with Crippen molar-refractivity contribution in [2.75, 3.05) is 7.11 Å². The van der Waals surface area contributed by atoms with E-state index in [2.05, 4.69) is 48.1 Å². The van der Waals surface area contributed by atoms with Gasteiger partial charge < -0.3 is 9.47 Å². The zero-order valence-corrected chi connectivity index (χ0v) is 26.0. The minimum atomic E-state index is -0.541. The summed E-state index contributed by atoms with van der Waals surface area (Å²) in [4.78, 5) is 40.0. The number of hydrogen-bond acceptors (Lipinski definition) is 5. The van der Waals surface area contributed by atoms with Crippen molar-refractivity contribution in [3.63, 3.8) is 0 Å². The average molecular weight is 541 g/mol. The van der Waals surface area contributed by atoms with Crippen LogP contribution in [0.4, 0.5) is 0 Å². The summed E-state index contributed by atoms with van der Waals surface area (Å²) in [7, 11) is 1.43. The number of methoxy groups -OCH3 is 1. The van der Waals surface area contributed by atoms with Gasteiger partial charge in [0.1, 0.15) is 0 Å². The van der Waals surface area contributed by atoms with Crippen LogP contribution in [0.3, 0.4) is 0 Å². The molecule has 3 fully saturated rings. The summed E-state index contributed by atoms with van der Waals surface area (Å²) in [5.41, 5.74) is 1.14. The van der Waals surface area contributed by atoms with Gasteiger partial charge in [-0.3, -0.25) is 14.4 Å². The predicted octanol–water partition coefficient (Wildman–Crippen LogP) is 7.63. The van der Waals surface area contributed by atoms with Crippen LogP contribution >= 0.6 is 0 Å². The number of hydrogen-bond donors (Lipinski definition) is 0. The molecule has 4 aliphatic rings. The van der Waals surface area contributed by atoms with Crippen LogP contribution in [0.2, 0.25) is 0 Å². The molecular formula is C34H52O5. The normalized spacial score (nSPS) is 43.5. The second-order valence-corrected chi connectivity index (χ2v) is 15.1. The minimum Gasteiger partial charge on any atom is -0.469 e. The number of fused-ring (bicyclic) bond motifs is 5. The molecule has 0 aromatic heterocycles. The SMILES string of the molecule is C=C(C)[C@@H]1CC[C@]2(C)[C@H](C(=O)C=C3[C@@H]4C[C@@](C)(C(=O)OC(C)C)CC[C@]4(C)CC[C@]32C)[C@@]1(C)CCC(=O)OC. The van der Waals surface area contributed by atoms with Crippen molar-refractivity contribution in [1.29, 1.82) is 0 Å². The zero-order chi connectivity index (χ0) is 29.2. The number of ether oxygens (including phenoxy) is 2. The third-order valence-electron chi connectivity index (χ3n) is 12.4. The predicted molar refractivity (Wildman–Crippen MR) is 154 cm³/mol. The number of allylic oxidation sites excluding steroid dienone is 3. The second-order valence-electron chi connectivity index (χ2n) is 15.1. The average Bonchev–Trinajstić information content (AvgIpc) is 2.84. The fourth-order valence-electron chi connectivity index (χ4n) is 9.72. The molecule has 4 aliphatic carbocycles. The van der Waals surface area contributed by atoms with Gasteiger partial charge in [-0.2, -0.15) is 0 Å². The van der Waals surface area contributed by atoms with Crippen LogP contribution < -0.4 is 0 Å². The maximum Gasteiger partial charge on any atom is 0.312 e. The van der Waals surface area contributed by atoms with Crippen LogP contribution in [0.1, 0.15) is 113 Å². The Morgan fingerprint density at radius 1 is 1.05 bits per heavy atom. The molecule has 0 bridgehead atoms. The molecule has 0 spiro atoms. The number of esters is 2. The Morgan fingerprint density at radius 2 is 1.69 bits per heavy atom. The highest BCUT2D eigenvalue weighted by Crippen LogP contribution is 2.73. The third-order valence-corrected chi connectivity index (χ3v) is 12.4. The Hall–Kier alpha value is -1.91. The van der Waals surface area contributed by atoms with Crippen molar-refractivity contribution in [3.8, 4) is 0 Å². The van der Waals surface area contributed by atoms with Gasteiger partial charge in [-0.15, -0.1) is 0 Å². The summed E-state index contributed by atoms with van der Waals surface area (Å²) in [6.45, 7) is 21.7. The highest BCUT2D eigenvalue weighted by molar-refractivity contribution is 5.96. The van der Waals surface area contributed by atoms with Crippen LogP contribution in [0.5, 0.6) is 0 Å². The Kier molecular flexibility index (Phi) is 7.61. The maximum absolute atomic E-state index is 14.4. The number of ketones is 1. The number of carbonyl (C=O) groups is 3. The van der Waals surface area contributed by atoms with Gasteiger partial charge >= 0.3 is 11.9 Å². The molecule has 0 radical (unpaired) electrons. The molecular weight excluding hydrogens is 488 g/mol. The van der Waals surface area contributed by atoms with Gasteiger partial charge in [0.15, 0.2) is 5.78 Å².